The van der Waals surface area contributed by atoms with Crippen LogP contribution in [0.4, 0.5) is 10.5 Å². The third-order valence-corrected chi connectivity index (χ3v) is 3.04. The van der Waals surface area contributed by atoms with Crippen molar-refractivity contribution in [3.05, 3.63) is 29.3 Å². The van der Waals surface area contributed by atoms with Crippen LogP contribution in [0.1, 0.15) is 36.2 Å². The molecule has 3 amide bonds. The summed E-state index contributed by atoms with van der Waals surface area (Å²) in [7, 11) is 1.58. The summed E-state index contributed by atoms with van der Waals surface area (Å²) in [5.74, 6) is -0.163. The zero-order valence-electron chi connectivity index (χ0n) is 11.8. The molecule has 0 aliphatic carbocycles. The summed E-state index contributed by atoms with van der Waals surface area (Å²) in [6.07, 6.45) is 0.866. The highest BCUT2D eigenvalue weighted by Gasteiger charge is 2.12. The Morgan fingerprint density at radius 1 is 1.32 bits per heavy atom. The molecule has 0 radical (unpaired) electrons. The Morgan fingerprint density at radius 3 is 2.58 bits per heavy atom. The van der Waals surface area contributed by atoms with E-state index in [1.807, 2.05) is 20.8 Å². The van der Waals surface area contributed by atoms with Crippen LogP contribution in [0.2, 0.25) is 0 Å². The molecule has 0 aliphatic heterocycles. The minimum atomic E-state index is -0.258. The average molecular weight is 263 g/mol. The lowest BCUT2D eigenvalue weighted by Gasteiger charge is -2.15. The molecule has 0 aromatic heterocycles. The van der Waals surface area contributed by atoms with Gasteiger partial charge in [0, 0.05) is 24.3 Å². The van der Waals surface area contributed by atoms with Gasteiger partial charge in [-0.3, -0.25) is 4.79 Å². The third kappa shape index (κ3) is 3.98. The Labute approximate surface area is 113 Å². The number of carbonyl (C=O) groups is 2. The van der Waals surface area contributed by atoms with E-state index in [0.717, 1.165) is 12.0 Å². The SMILES string of the molecule is CC[C@H](C)NC(=O)Nc1cccc(C(=O)NC)c1C. The fourth-order valence-corrected chi connectivity index (χ4v) is 1.64. The zero-order valence-corrected chi connectivity index (χ0v) is 11.8. The first-order chi connectivity index (χ1) is 8.99. The molecule has 5 nitrogen and oxygen atoms in total. The first-order valence-corrected chi connectivity index (χ1v) is 6.38. The molecule has 1 aromatic rings. The van der Waals surface area contributed by atoms with Gasteiger partial charge >= 0.3 is 6.03 Å². The van der Waals surface area contributed by atoms with Gasteiger partial charge in [-0.05, 0) is 38.0 Å². The van der Waals surface area contributed by atoms with E-state index in [1.54, 1.807) is 25.2 Å². The summed E-state index contributed by atoms with van der Waals surface area (Å²) < 4.78 is 0. The van der Waals surface area contributed by atoms with Crippen molar-refractivity contribution in [1.29, 1.82) is 0 Å². The predicted octanol–water partition coefficient (Wildman–Crippen LogP) is 2.27. The quantitative estimate of drug-likeness (QED) is 0.780. The van der Waals surface area contributed by atoms with Gasteiger partial charge in [-0.1, -0.05) is 13.0 Å². The molecule has 0 unspecified atom stereocenters. The van der Waals surface area contributed by atoms with Gasteiger partial charge in [0.1, 0.15) is 0 Å². The maximum Gasteiger partial charge on any atom is 0.319 e. The van der Waals surface area contributed by atoms with Crippen LogP contribution < -0.4 is 16.0 Å². The molecule has 0 bridgehead atoms. The lowest BCUT2D eigenvalue weighted by atomic mass is 10.1. The van der Waals surface area contributed by atoms with Crippen LogP contribution in [-0.2, 0) is 0 Å². The van der Waals surface area contributed by atoms with Crippen molar-refractivity contribution in [2.75, 3.05) is 12.4 Å². The van der Waals surface area contributed by atoms with Crippen molar-refractivity contribution < 1.29 is 9.59 Å². The normalized spacial score (nSPS) is 11.6. The molecular formula is C14H21N3O2. The van der Waals surface area contributed by atoms with Crippen molar-refractivity contribution in [1.82, 2.24) is 10.6 Å². The standard InChI is InChI=1S/C14H21N3O2/c1-5-9(2)16-14(19)17-12-8-6-7-11(10(12)3)13(18)15-4/h6-9H,5H2,1-4H3,(H,15,18)(H2,16,17,19)/t9-/m0/s1. The number of urea groups is 1. The number of benzene rings is 1. The molecule has 1 aromatic carbocycles. The largest absolute Gasteiger partial charge is 0.355 e. The average Bonchev–Trinajstić information content (AvgIpc) is 2.40. The summed E-state index contributed by atoms with van der Waals surface area (Å²) in [5.41, 5.74) is 1.95. The number of hydrogen-bond acceptors (Lipinski definition) is 2. The number of nitrogens with one attached hydrogen (secondary N) is 3. The minimum Gasteiger partial charge on any atom is -0.355 e. The summed E-state index contributed by atoms with van der Waals surface area (Å²) >= 11 is 0. The van der Waals surface area contributed by atoms with E-state index in [-0.39, 0.29) is 18.0 Å². The molecule has 104 valence electrons. The summed E-state index contributed by atoms with van der Waals surface area (Å²) in [6, 6.07) is 5.11. The first-order valence-electron chi connectivity index (χ1n) is 6.38. The zero-order chi connectivity index (χ0) is 14.4. The van der Waals surface area contributed by atoms with E-state index >= 15 is 0 Å². The number of hydrogen-bond donors (Lipinski definition) is 3. The summed E-state index contributed by atoms with van der Waals surface area (Å²) in [4.78, 5) is 23.4. The smallest absolute Gasteiger partial charge is 0.319 e. The molecule has 0 saturated heterocycles. The van der Waals surface area contributed by atoms with Gasteiger partial charge in [-0.25, -0.2) is 4.79 Å². The van der Waals surface area contributed by atoms with Crippen LogP contribution in [0, 0.1) is 6.92 Å². The second-order valence-electron chi connectivity index (χ2n) is 4.47. The van der Waals surface area contributed by atoms with Crippen molar-refractivity contribution in [3.63, 3.8) is 0 Å². The second-order valence-corrected chi connectivity index (χ2v) is 4.47. The number of amides is 3. The van der Waals surface area contributed by atoms with Crippen LogP contribution in [0.15, 0.2) is 18.2 Å². The van der Waals surface area contributed by atoms with E-state index in [9.17, 15) is 9.59 Å². The van der Waals surface area contributed by atoms with E-state index < -0.39 is 0 Å². The molecule has 1 atom stereocenters. The van der Waals surface area contributed by atoms with Crippen molar-refractivity contribution >= 4 is 17.6 Å². The van der Waals surface area contributed by atoms with E-state index in [1.165, 1.54) is 0 Å². The molecule has 3 N–H and O–H groups in total. The van der Waals surface area contributed by atoms with Gasteiger partial charge in [-0.15, -0.1) is 0 Å². The highest BCUT2D eigenvalue weighted by molar-refractivity contribution is 5.98. The van der Waals surface area contributed by atoms with Crippen molar-refractivity contribution in [2.24, 2.45) is 0 Å². The molecule has 0 aliphatic rings. The van der Waals surface area contributed by atoms with Crippen LogP contribution in [-0.4, -0.2) is 25.0 Å². The molecule has 0 fully saturated rings. The van der Waals surface area contributed by atoms with Gasteiger partial charge in [0.15, 0.2) is 0 Å². The van der Waals surface area contributed by atoms with Crippen LogP contribution in [0.25, 0.3) is 0 Å². The Hall–Kier alpha value is -2.04. The monoisotopic (exact) mass is 263 g/mol. The fourth-order valence-electron chi connectivity index (χ4n) is 1.64. The fraction of sp³-hybridized carbons (Fsp3) is 0.429. The lowest BCUT2D eigenvalue weighted by Crippen LogP contribution is -2.35. The van der Waals surface area contributed by atoms with Gasteiger partial charge in [0.2, 0.25) is 0 Å². The highest BCUT2D eigenvalue weighted by Crippen LogP contribution is 2.18. The maximum absolute atomic E-state index is 11.8. The van der Waals surface area contributed by atoms with Gasteiger partial charge < -0.3 is 16.0 Å². The third-order valence-electron chi connectivity index (χ3n) is 3.04. The summed E-state index contributed by atoms with van der Waals surface area (Å²) in [5, 5.41) is 8.16. The Kier molecular flexibility index (Phi) is 5.36. The Balaban J connectivity index is 2.85. The molecule has 0 saturated carbocycles. The van der Waals surface area contributed by atoms with E-state index in [2.05, 4.69) is 16.0 Å². The van der Waals surface area contributed by atoms with Crippen molar-refractivity contribution in [2.45, 2.75) is 33.2 Å². The number of anilines is 1. The predicted molar refractivity (Wildman–Crippen MR) is 76.5 cm³/mol. The second kappa shape index (κ2) is 6.78. The molecule has 19 heavy (non-hydrogen) atoms. The molecule has 5 heteroatoms. The van der Waals surface area contributed by atoms with Crippen LogP contribution >= 0.6 is 0 Å². The molecule has 0 heterocycles. The van der Waals surface area contributed by atoms with Crippen LogP contribution in [0.5, 0.6) is 0 Å². The van der Waals surface area contributed by atoms with Gasteiger partial charge in [-0.2, -0.15) is 0 Å². The minimum absolute atomic E-state index is 0.113. The van der Waals surface area contributed by atoms with Crippen LogP contribution in [0.3, 0.4) is 0 Å². The highest BCUT2D eigenvalue weighted by atomic mass is 16.2. The Morgan fingerprint density at radius 2 is 2.00 bits per heavy atom. The number of carbonyl (C=O) groups excluding carboxylic acids is 2. The maximum atomic E-state index is 11.8. The number of rotatable bonds is 4. The lowest BCUT2D eigenvalue weighted by molar-refractivity contribution is 0.0962. The molecule has 0 spiro atoms. The first kappa shape index (κ1) is 15.0. The van der Waals surface area contributed by atoms with Gasteiger partial charge in [0.05, 0.1) is 0 Å². The molecule has 1 rings (SSSR count). The topological polar surface area (TPSA) is 70.2 Å². The van der Waals surface area contributed by atoms with E-state index in [4.69, 9.17) is 0 Å². The molecular weight excluding hydrogens is 242 g/mol. The van der Waals surface area contributed by atoms with Gasteiger partial charge in [0.25, 0.3) is 5.91 Å². The summed E-state index contributed by atoms with van der Waals surface area (Å²) in [6.45, 7) is 5.75. The van der Waals surface area contributed by atoms with E-state index in [0.29, 0.717) is 11.3 Å². The Bertz CT molecular complexity index is 472. The van der Waals surface area contributed by atoms with Crippen molar-refractivity contribution in [3.8, 4) is 0 Å².